The van der Waals surface area contributed by atoms with E-state index in [4.69, 9.17) is 15.0 Å². The van der Waals surface area contributed by atoms with E-state index < -0.39 is 72.1 Å². The number of benzene rings is 2. The summed E-state index contributed by atoms with van der Waals surface area (Å²) in [6.07, 6.45) is 1.53. The molecular formula is C44H64N10O11. The van der Waals surface area contributed by atoms with Gasteiger partial charge in [0.15, 0.2) is 0 Å². The van der Waals surface area contributed by atoms with Crippen molar-refractivity contribution in [2.24, 2.45) is 17.1 Å². The van der Waals surface area contributed by atoms with E-state index in [2.05, 4.69) is 46.9 Å². The molecule has 21 nitrogen and oxygen atoms in total. The third-order valence-electron chi connectivity index (χ3n) is 10.2. The van der Waals surface area contributed by atoms with Crippen LogP contribution in [0.25, 0.3) is 10.4 Å². The Hall–Kier alpha value is -6.44. The smallest absolute Gasteiger partial charge is 0.323 e. The molecule has 0 aromatic heterocycles. The van der Waals surface area contributed by atoms with Gasteiger partial charge in [0, 0.05) is 36.0 Å². The maximum atomic E-state index is 13.9. The number of nitrogens with one attached hydrogen (secondary N) is 6. The highest BCUT2D eigenvalue weighted by Crippen LogP contribution is 2.21. The summed E-state index contributed by atoms with van der Waals surface area (Å²) in [4.78, 5) is 101. The second kappa shape index (κ2) is 28.4. The van der Waals surface area contributed by atoms with E-state index in [1.165, 1.54) is 4.90 Å². The number of urea groups is 1. The van der Waals surface area contributed by atoms with Gasteiger partial charge in [-0.2, -0.15) is 0 Å². The molecule has 3 rings (SSSR count). The van der Waals surface area contributed by atoms with Crippen LogP contribution in [0.2, 0.25) is 0 Å². The van der Waals surface area contributed by atoms with E-state index in [-0.39, 0.29) is 44.4 Å². The molecule has 356 valence electrons. The molecule has 0 bridgehead atoms. The molecule has 1 heterocycles. The molecule has 4 atom stereocenters. The first-order valence-corrected chi connectivity index (χ1v) is 21.8. The fourth-order valence-corrected chi connectivity index (χ4v) is 6.89. The number of amides is 7. The molecule has 2 aromatic rings. The molecule has 7 N–H and O–H groups in total. The van der Waals surface area contributed by atoms with Gasteiger partial charge in [0.25, 0.3) is 0 Å². The maximum Gasteiger partial charge on any atom is 0.323 e. The monoisotopic (exact) mass is 908 g/mol. The molecule has 7 amide bonds. The van der Waals surface area contributed by atoms with Crippen molar-refractivity contribution in [3.63, 3.8) is 0 Å². The van der Waals surface area contributed by atoms with Crippen molar-refractivity contribution in [3.05, 3.63) is 70.1 Å². The minimum atomic E-state index is -1.59. The highest BCUT2D eigenvalue weighted by Gasteiger charge is 2.40. The average molecular weight is 909 g/mol. The number of aliphatic carboxylic acids is 1. The van der Waals surface area contributed by atoms with Crippen LogP contribution >= 0.6 is 0 Å². The molecule has 3 unspecified atom stereocenters. The Balaban J connectivity index is 1.54. The van der Waals surface area contributed by atoms with Crippen LogP contribution in [0.1, 0.15) is 77.3 Å². The molecule has 1 fully saturated rings. The van der Waals surface area contributed by atoms with Crippen molar-refractivity contribution in [1.82, 2.24) is 26.2 Å². The van der Waals surface area contributed by atoms with Gasteiger partial charge in [-0.25, -0.2) is 4.79 Å². The van der Waals surface area contributed by atoms with E-state index in [0.717, 1.165) is 5.56 Å². The molecule has 0 saturated carbocycles. The van der Waals surface area contributed by atoms with Crippen LogP contribution < -0.4 is 31.9 Å². The summed E-state index contributed by atoms with van der Waals surface area (Å²) < 4.78 is 10.8. The number of likely N-dealkylation sites (tertiary alicyclic amines) is 1. The van der Waals surface area contributed by atoms with Crippen molar-refractivity contribution >= 4 is 52.9 Å². The Morgan fingerprint density at radius 3 is 2.18 bits per heavy atom. The van der Waals surface area contributed by atoms with Gasteiger partial charge >= 0.3 is 12.0 Å². The van der Waals surface area contributed by atoms with Gasteiger partial charge in [-0.05, 0) is 85.7 Å². The first kappa shape index (κ1) is 52.9. The third kappa shape index (κ3) is 19.5. The summed E-state index contributed by atoms with van der Waals surface area (Å²) in [6.45, 7) is 11.1. The highest BCUT2D eigenvalue weighted by atomic mass is 16.7. The Labute approximate surface area is 379 Å². The number of hydrogen-bond acceptors (Lipinski definition) is 11. The van der Waals surface area contributed by atoms with Gasteiger partial charge in [0.1, 0.15) is 36.1 Å². The molecular weight excluding hydrogens is 845 g/mol. The number of ether oxygens (including phenoxy) is 2. The second-order valence-corrected chi connectivity index (χ2v) is 16.3. The van der Waals surface area contributed by atoms with Crippen LogP contribution in [-0.2, 0) is 49.5 Å². The number of carbonyl (C=O) groups is 7. The average Bonchev–Trinajstić information content (AvgIpc) is 3.75. The Morgan fingerprint density at radius 1 is 0.846 bits per heavy atom. The van der Waals surface area contributed by atoms with Crippen LogP contribution in [0.5, 0.6) is 0 Å². The lowest BCUT2D eigenvalue weighted by Crippen LogP contribution is -2.59. The Kier molecular flexibility index (Phi) is 23.1. The van der Waals surface area contributed by atoms with Crippen LogP contribution in [0.4, 0.5) is 16.2 Å². The van der Waals surface area contributed by atoms with Crippen molar-refractivity contribution in [3.8, 4) is 0 Å². The predicted molar refractivity (Wildman–Crippen MR) is 240 cm³/mol. The largest absolute Gasteiger partial charge is 0.481 e. The van der Waals surface area contributed by atoms with Gasteiger partial charge in [-0.1, -0.05) is 58.0 Å². The van der Waals surface area contributed by atoms with Crippen LogP contribution in [-0.4, -0.2) is 122 Å². The number of carbonyl (C=O) groups excluding carboxylic acids is 6. The maximum absolute atomic E-state index is 13.9. The van der Waals surface area contributed by atoms with E-state index in [1.54, 1.807) is 44.2 Å². The van der Waals surface area contributed by atoms with Gasteiger partial charge in [-0.15, -0.1) is 0 Å². The SMILES string of the molecule is Cc1ccccc1NC(=O)Nc1ccc(CC(=O)NC(CC(C)C)C(=O)NC(CC(=O)O)C(=O)NC(C(=O)N2CCC[C@H]2C(=O)NCCCCOCCOCCON=[N+]=[N-])C(C)C)cc1. The number of rotatable bonds is 28. The topological polar surface area (TPSA) is 292 Å². The predicted octanol–water partition coefficient (Wildman–Crippen LogP) is 3.98. The molecule has 1 aliphatic heterocycles. The van der Waals surface area contributed by atoms with Crippen LogP contribution in [0.15, 0.2) is 53.8 Å². The minimum absolute atomic E-state index is 0.0852. The standard InChI is InChI=1S/C44H64N10O11/c1-28(2)25-34(48-37(55)26-31-14-16-32(17-15-31)47-44(62)50-33-12-7-6-11-30(33)5)40(58)49-35(27-38(56)57)41(59)51-39(29(3)4)43(61)54-19-10-13-36(54)42(60)46-18-8-9-20-63-21-22-64-23-24-65-53-52-45/h6-7,11-12,14-17,28-29,34-36,39H,8-10,13,18-27H2,1-5H3,(H,46,60)(H,48,55)(H,49,58)(H,51,59)(H,56,57)(H2,47,50,62)/t34?,35?,36-,39?/m0/s1. The first-order chi connectivity index (χ1) is 31.1. The van der Waals surface area contributed by atoms with Gasteiger partial charge in [0.05, 0.1) is 32.7 Å². The molecule has 21 heteroatoms. The summed E-state index contributed by atoms with van der Waals surface area (Å²) in [5, 5.41) is 28.9. The number of aryl methyl sites for hydroxylation is 1. The lowest BCUT2D eigenvalue weighted by molar-refractivity contribution is -0.144. The normalized spacial score (nSPS) is 14.6. The summed E-state index contributed by atoms with van der Waals surface area (Å²) in [5.41, 5.74) is 10.8. The third-order valence-corrected chi connectivity index (χ3v) is 10.2. The molecule has 0 aliphatic carbocycles. The zero-order valence-corrected chi connectivity index (χ0v) is 37.8. The number of carboxylic acid groups (broad SMARTS) is 1. The number of carboxylic acids is 1. The number of anilines is 2. The van der Waals surface area contributed by atoms with Crippen LogP contribution in [0.3, 0.4) is 0 Å². The first-order valence-electron chi connectivity index (χ1n) is 21.8. The second-order valence-electron chi connectivity index (χ2n) is 16.3. The van der Waals surface area contributed by atoms with E-state index in [0.29, 0.717) is 69.0 Å². The van der Waals surface area contributed by atoms with Crippen molar-refractivity contribution in [2.75, 3.05) is 56.8 Å². The Morgan fingerprint density at radius 2 is 1.52 bits per heavy atom. The molecule has 1 aliphatic rings. The molecule has 65 heavy (non-hydrogen) atoms. The summed E-state index contributed by atoms with van der Waals surface area (Å²) in [6, 6.07) is 8.88. The number of azide groups is 1. The van der Waals surface area contributed by atoms with Crippen molar-refractivity contribution in [1.29, 1.82) is 0 Å². The number of unbranched alkanes of at least 4 members (excludes halogenated alkanes) is 1. The van der Waals surface area contributed by atoms with E-state index >= 15 is 0 Å². The van der Waals surface area contributed by atoms with E-state index in [1.807, 2.05) is 39.0 Å². The number of para-hydroxylation sites is 1. The van der Waals surface area contributed by atoms with Gasteiger partial charge in [0.2, 0.25) is 29.5 Å². The zero-order chi connectivity index (χ0) is 47.7. The van der Waals surface area contributed by atoms with E-state index in [9.17, 15) is 38.7 Å². The minimum Gasteiger partial charge on any atom is -0.481 e. The van der Waals surface area contributed by atoms with Crippen LogP contribution in [0, 0.1) is 18.8 Å². The highest BCUT2D eigenvalue weighted by molar-refractivity contribution is 6.00. The Bertz CT molecular complexity index is 1940. The summed E-state index contributed by atoms with van der Waals surface area (Å²) in [5.74, 6) is -4.96. The number of nitrogens with zero attached hydrogens (tertiary/aromatic N) is 4. The zero-order valence-electron chi connectivity index (χ0n) is 37.8. The van der Waals surface area contributed by atoms with Gasteiger partial charge in [-0.3, -0.25) is 28.8 Å². The molecule has 0 spiro atoms. The molecule has 1 saturated heterocycles. The van der Waals surface area contributed by atoms with Crippen molar-refractivity contribution < 1.29 is 53.0 Å². The summed E-state index contributed by atoms with van der Waals surface area (Å²) in [7, 11) is 0. The molecule has 2 aromatic carbocycles. The summed E-state index contributed by atoms with van der Waals surface area (Å²) >= 11 is 0. The quantitative estimate of drug-likeness (QED) is 0.0211. The lowest BCUT2D eigenvalue weighted by atomic mass is 10.00. The van der Waals surface area contributed by atoms with Crippen molar-refractivity contribution in [2.45, 2.75) is 104 Å². The molecule has 0 radical (unpaired) electrons. The number of hydrogen-bond donors (Lipinski definition) is 7. The fraction of sp³-hybridized carbons (Fsp3) is 0.568. The lowest BCUT2D eigenvalue weighted by Gasteiger charge is -2.31. The fourth-order valence-electron chi connectivity index (χ4n) is 6.89. The van der Waals surface area contributed by atoms with Gasteiger partial charge < -0.3 is 56.2 Å².